The zero-order valence-electron chi connectivity index (χ0n) is 11.2. The Kier molecular flexibility index (Phi) is 4.74. The quantitative estimate of drug-likeness (QED) is 0.821. The number of aliphatic hydroxyl groups is 1. The van der Waals surface area contributed by atoms with Gasteiger partial charge in [0.1, 0.15) is 13.2 Å². The summed E-state index contributed by atoms with van der Waals surface area (Å²) < 4.78 is 10.9. The van der Waals surface area contributed by atoms with E-state index in [1.54, 1.807) is 18.2 Å². The molecule has 0 saturated heterocycles. The van der Waals surface area contributed by atoms with Crippen LogP contribution in [0.4, 0.5) is 0 Å². The lowest BCUT2D eigenvalue weighted by molar-refractivity contribution is 0.0903. The zero-order valence-corrected chi connectivity index (χ0v) is 11.2. The molecule has 2 aromatic rings. The van der Waals surface area contributed by atoms with Gasteiger partial charge in [0.25, 0.3) is 0 Å². The third kappa shape index (κ3) is 3.36. The number of carbonyl (C=O) groups is 1. The van der Waals surface area contributed by atoms with Crippen molar-refractivity contribution < 1.29 is 19.4 Å². The molecule has 0 heterocycles. The number of methoxy groups -OCH3 is 1. The Labute approximate surface area is 117 Å². The van der Waals surface area contributed by atoms with E-state index in [1.807, 2.05) is 30.3 Å². The number of rotatable bonds is 6. The van der Waals surface area contributed by atoms with Gasteiger partial charge in [0.2, 0.25) is 0 Å². The predicted molar refractivity (Wildman–Crippen MR) is 75.2 cm³/mol. The van der Waals surface area contributed by atoms with Gasteiger partial charge in [-0.3, -0.25) is 4.79 Å². The Morgan fingerprint density at radius 1 is 1.10 bits per heavy atom. The van der Waals surface area contributed by atoms with Crippen molar-refractivity contribution in [2.75, 3.05) is 13.7 Å². The van der Waals surface area contributed by atoms with Gasteiger partial charge in [0, 0.05) is 5.56 Å². The highest BCUT2D eigenvalue weighted by Gasteiger charge is 2.10. The van der Waals surface area contributed by atoms with Crippen molar-refractivity contribution in [3.05, 3.63) is 59.7 Å². The lowest BCUT2D eigenvalue weighted by Crippen LogP contribution is -2.05. The van der Waals surface area contributed by atoms with E-state index in [4.69, 9.17) is 14.6 Å². The van der Waals surface area contributed by atoms with E-state index in [-0.39, 0.29) is 5.78 Å². The smallest absolute Gasteiger partial charge is 0.188 e. The van der Waals surface area contributed by atoms with Gasteiger partial charge in [0.05, 0.1) is 7.11 Å². The first-order valence-corrected chi connectivity index (χ1v) is 6.23. The second-order valence-electron chi connectivity index (χ2n) is 4.22. The third-order valence-corrected chi connectivity index (χ3v) is 2.87. The van der Waals surface area contributed by atoms with E-state index in [2.05, 4.69) is 0 Å². The average molecular weight is 272 g/mol. The first kappa shape index (κ1) is 14.1. The van der Waals surface area contributed by atoms with Gasteiger partial charge in [-0.15, -0.1) is 0 Å². The van der Waals surface area contributed by atoms with Crippen molar-refractivity contribution in [1.29, 1.82) is 0 Å². The van der Waals surface area contributed by atoms with Crippen LogP contribution in [0.15, 0.2) is 48.5 Å². The van der Waals surface area contributed by atoms with Crippen LogP contribution in [-0.2, 0) is 6.61 Å². The molecular formula is C16H16O4. The van der Waals surface area contributed by atoms with Crippen LogP contribution in [0.1, 0.15) is 15.9 Å². The summed E-state index contributed by atoms with van der Waals surface area (Å²) in [5.41, 5.74) is 1.42. The third-order valence-electron chi connectivity index (χ3n) is 2.87. The molecule has 0 radical (unpaired) electrons. The summed E-state index contributed by atoms with van der Waals surface area (Å²) in [6.45, 7) is -0.140. The minimum Gasteiger partial charge on any atom is -0.493 e. The van der Waals surface area contributed by atoms with E-state index >= 15 is 0 Å². The van der Waals surface area contributed by atoms with Crippen molar-refractivity contribution >= 4 is 5.78 Å². The van der Waals surface area contributed by atoms with Crippen molar-refractivity contribution in [3.63, 3.8) is 0 Å². The molecule has 104 valence electrons. The standard InChI is InChI=1S/C16H16O4/c1-19-15-8-7-13(14(18)10-17)9-16(15)20-11-12-5-3-2-4-6-12/h2-9,17H,10-11H2,1H3. The summed E-state index contributed by atoms with van der Waals surface area (Å²) in [4.78, 5) is 11.5. The number of hydrogen-bond donors (Lipinski definition) is 1. The molecule has 1 N–H and O–H groups in total. The van der Waals surface area contributed by atoms with E-state index < -0.39 is 6.61 Å². The highest BCUT2D eigenvalue weighted by Crippen LogP contribution is 2.29. The molecule has 0 aliphatic carbocycles. The Hall–Kier alpha value is -2.33. The topological polar surface area (TPSA) is 55.8 Å². The van der Waals surface area contributed by atoms with Crippen molar-refractivity contribution in [1.82, 2.24) is 0 Å². The number of aliphatic hydroxyl groups excluding tert-OH is 1. The van der Waals surface area contributed by atoms with E-state index in [9.17, 15) is 4.79 Å². The molecule has 0 unspecified atom stereocenters. The largest absolute Gasteiger partial charge is 0.493 e. The molecule has 4 nitrogen and oxygen atoms in total. The van der Waals surface area contributed by atoms with Crippen LogP contribution < -0.4 is 9.47 Å². The Morgan fingerprint density at radius 3 is 2.50 bits per heavy atom. The molecule has 0 aromatic heterocycles. The minimum absolute atomic E-state index is 0.350. The summed E-state index contributed by atoms with van der Waals surface area (Å²) in [5, 5.41) is 8.89. The highest BCUT2D eigenvalue weighted by atomic mass is 16.5. The molecule has 0 atom stereocenters. The monoisotopic (exact) mass is 272 g/mol. The summed E-state index contributed by atoms with van der Waals surface area (Å²) in [6.07, 6.45) is 0. The van der Waals surface area contributed by atoms with Gasteiger partial charge in [-0.1, -0.05) is 30.3 Å². The first-order valence-electron chi connectivity index (χ1n) is 6.23. The van der Waals surface area contributed by atoms with Crippen LogP contribution in [0.3, 0.4) is 0 Å². The van der Waals surface area contributed by atoms with Gasteiger partial charge in [0.15, 0.2) is 17.3 Å². The maximum absolute atomic E-state index is 11.5. The van der Waals surface area contributed by atoms with E-state index in [0.29, 0.717) is 23.7 Å². The first-order chi connectivity index (χ1) is 9.74. The van der Waals surface area contributed by atoms with Gasteiger partial charge in [-0.2, -0.15) is 0 Å². The van der Waals surface area contributed by atoms with Crippen LogP contribution >= 0.6 is 0 Å². The highest BCUT2D eigenvalue weighted by molar-refractivity contribution is 5.97. The molecule has 0 aliphatic heterocycles. The molecule has 0 bridgehead atoms. The Bertz CT molecular complexity index is 578. The van der Waals surface area contributed by atoms with Crippen LogP contribution in [0.5, 0.6) is 11.5 Å². The fourth-order valence-corrected chi connectivity index (χ4v) is 1.79. The summed E-state index contributed by atoms with van der Waals surface area (Å²) >= 11 is 0. The van der Waals surface area contributed by atoms with Gasteiger partial charge >= 0.3 is 0 Å². The molecule has 20 heavy (non-hydrogen) atoms. The Balaban J connectivity index is 2.18. The average Bonchev–Trinajstić information content (AvgIpc) is 2.52. The summed E-state index contributed by atoms with van der Waals surface area (Å²) in [6, 6.07) is 14.6. The van der Waals surface area contributed by atoms with Crippen LogP contribution in [0.2, 0.25) is 0 Å². The molecule has 0 aliphatic rings. The molecular weight excluding hydrogens is 256 g/mol. The van der Waals surface area contributed by atoms with E-state index in [1.165, 1.54) is 7.11 Å². The molecule has 0 spiro atoms. The minimum atomic E-state index is -0.523. The SMILES string of the molecule is COc1ccc(C(=O)CO)cc1OCc1ccccc1. The van der Waals surface area contributed by atoms with Gasteiger partial charge in [-0.25, -0.2) is 0 Å². The molecule has 0 amide bonds. The lowest BCUT2D eigenvalue weighted by atomic mass is 10.1. The van der Waals surface area contributed by atoms with Crippen LogP contribution in [0, 0.1) is 0 Å². The van der Waals surface area contributed by atoms with Crippen LogP contribution in [0.25, 0.3) is 0 Å². The number of ether oxygens (including phenoxy) is 2. The van der Waals surface area contributed by atoms with Crippen molar-refractivity contribution in [2.45, 2.75) is 6.61 Å². The normalized spacial score (nSPS) is 10.1. The number of benzene rings is 2. The fraction of sp³-hybridized carbons (Fsp3) is 0.188. The number of ketones is 1. The molecule has 4 heteroatoms. The predicted octanol–water partition coefficient (Wildman–Crippen LogP) is 2.45. The van der Waals surface area contributed by atoms with Gasteiger partial charge in [-0.05, 0) is 23.8 Å². The molecule has 2 aromatic carbocycles. The zero-order chi connectivity index (χ0) is 14.4. The molecule has 0 fully saturated rings. The summed E-state index contributed by atoms with van der Waals surface area (Å²) in [7, 11) is 1.54. The van der Waals surface area contributed by atoms with Crippen molar-refractivity contribution in [3.8, 4) is 11.5 Å². The maximum atomic E-state index is 11.5. The fourth-order valence-electron chi connectivity index (χ4n) is 1.79. The summed E-state index contributed by atoms with van der Waals surface area (Å²) in [5.74, 6) is 0.684. The van der Waals surface area contributed by atoms with Gasteiger partial charge < -0.3 is 14.6 Å². The second-order valence-corrected chi connectivity index (χ2v) is 4.22. The van der Waals surface area contributed by atoms with E-state index in [0.717, 1.165) is 5.56 Å². The maximum Gasteiger partial charge on any atom is 0.188 e. The van der Waals surface area contributed by atoms with Crippen LogP contribution in [-0.4, -0.2) is 24.6 Å². The number of hydrogen-bond acceptors (Lipinski definition) is 4. The lowest BCUT2D eigenvalue weighted by Gasteiger charge is -2.12. The Morgan fingerprint density at radius 2 is 1.85 bits per heavy atom. The number of Topliss-reactive ketones (excluding diaryl/α,β-unsaturated/α-hetero) is 1. The molecule has 2 rings (SSSR count). The second kappa shape index (κ2) is 6.73. The molecule has 0 saturated carbocycles. The number of carbonyl (C=O) groups excluding carboxylic acids is 1. The van der Waals surface area contributed by atoms with Crippen molar-refractivity contribution in [2.24, 2.45) is 0 Å².